The molecule has 0 spiro atoms. The van der Waals surface area contributed by atoms with Crippen LogP contribution in [-0.4, -0.2) is 5.78 Å². The zero-order valence-electron chi connectivity index (χ0n) is 10.4. The Labute approximate surface area is 92.2 Å². The maximum absolute atomic E-state index is 12.1. The van der Waals surface area contributed by atoms with Gasteiger partial charge in [0.2, 0.25) is 0 Å². The first-order valence-corrected chi connectivity index (χ1v) is 4.77. The van der Waals surface area contributed by atoms with Crippen molar-refractivity contribution in [3.05, 3.63) is 71.2 Å². The Morgan fingerprint density at radius 1 is 1.00 bits per heavy atom. The van der Waals surface area contributed by atoms with Crippen LogP contribution in [0.15, 0.2) is 54.5 Å². The zero-order chi connectivity index (χ0) is 12.4. The molecule has 0 N–H and O–H groups in total. The van der Waals surface area contributed by atoms with Crippen LogP contribution in [0.4, 0.5) is 0 Å². The topological polar surface area (TPSA) is 17.1 Å². The van der Waals surface area contributed by atoms with Crippen molar-refractivity contribution in [2.45, 2.75) is 6.92 Å². The average Bonchev–Trinajstić information content (AvgIpc) is 2.35. The van der Waals surface area contributed by atoms with Gasteiger partial charge in [-0.05, 0) is 6.92 Å². The van der Waals surface area contributed by atoms with Crippen molar-refractivity contribution in [2.24, 2.45) is 0 Å². The lowest BCUT2D eigenvalue weighted by atomic mass is 10.0. The summed E-state index contributed by atoms with van der Waals surface area (Å²) in [6, 6.07) is 12.4. The number of rotatable bonds is 2. The van der Waals surface area contributed by atoms with E-state index in [1.54, 1.807) is 31.2 Å². The Hall–Kier alpha value is -1.89. The van der Waals surface area contributed by atoms with Gasteiger partial charge in [-0.1, -0.05) is 60.1 Å². The number of carbonyl (C=O) groups is 1. The molecule has 0 fully saturated rings. The second-order valence-electron chi connectivity index (χ2n) is 3.35. The second-order valence-corrected chi connectivity index (χ2v) is 3.35. The van der Waals surface area contributed by atoms with Crippen LogP contribution in [0.25, 0.3) is 0 Å². The van der Waals surface area contributed by atoms with Crippen LogP contribution in [0.1, 0.15) is 24.2 Å². The van der Waals surface area contributed by atoms with Crippen LogP contribution in [-0.2, 0) is 0 Å². The van der Waals surface area contributed by atoms with Gasteiger partial charge in [0.1, 0.15) is 0 Å². The zero-order valence-corrected chi connectivity index (χ0v) is 8.45. The van der Waals surface area contributed by atoms with Gasteiger partial charge in [-0.15, -0.1) is 0 Å². The Morgan fingerprint density at radius 3 is 2.13 bits per heavy atom. The van der Waals surface area contributed by atoms with Gasteiger partial charge in [-0.2, -0.15) is 0 Å². The van der Waals surface area contributed by atoms with Gasteiger partial charge in [-0.3, -0.25) is 4.79 Å². The van der Waals surface area contributed by atoms with Gasteiger partial charge in [0.25, 0.3) is 0 Å². The Bertz CT molecular complexity index is 539. The molecule has 2 aromatic carbocycles. The fourth-order valence-corrected chi connectivity index (χ4v) is 1.34. The minimum atomic E-state index is -0.146. The minimum absolute atomic E-state index is 0.146. The summed E-state index contributed by atoms with van der Waals surface area (Å²) in [6.07, 6.45) is 0. The van der Waals surface area contributed by atoms with Gasteiger partial charge in [0.05, 0.1) is 2.74 Å². The summed E-state index contributed by atoms with van der Waals surface area (Å²) < 4.78 is 15.4. The summed E-state index contributed by atoms with van der Waals surface area (Å²) in [6.45, 7) is 1.71. The van der Waals surface area contributed by atoms with Crippen molar-refractivity contribution in [3.8, 4) is 0 Å². The highest BCUT2D eigenvalue weighted by Crippen LogP contribution is 2.10. The van der Waals surface area contributed by atoms with Gasteiger partial charge in [0, 0.05) is 11.1 Å². The fourth-order valence-electron chi connectivity index (χ4n) is 1.34. The number of ketones is 1. The molecule has 0 aromatic heterocycles. The maximum atomic E-state index is 12.1. The van der Waals surface area contributed by atoms with E-state index in [1.807, 2.05) is 6.07 Å². The molecule has 0 amide bonds. The molecule has 74 valence electrons. The number of carbonyl (C=O) groups excluding carboxylic acids is 1. The molecule has 1 heteroatoms. The maximum Gasteiger partial charge on any atom is 0.193 e. The Balaban J connectivity index is 2.45. The monoisotopic (exact) mass is 198 g/mol. The van der Waals surface area contributed by atoms with Crippen molar-refractivity contribution in [1.82, 2.24) is 0 Å². The van der Waals surface area contributed by atoms with Crippen molar-refractivity contribution >= 4 is 5.78 Å². The SMILES string of the molecule is [2H]c1cc(C(=O)c2ccccc2)cc([2H])c1C. The molecule has 0 bridgehead atoms. The predicted molar refractivity (Wildman–Crippen MR) is 61.1 cm³/mol. The van der Waals surface area contributed by atoms with Crippen LogP contribution in [0.5, 0.6) is 0 Å². The standard InChI is InChI=1S/C14H12O/c1-11-7-9-13(10-8-11)14(15)12-5-3-2-4-6-12/h2-10H,1H3/i7D,8D. The molecule has 15 heavy (non-hydrogen) atoms. The molecule has 0 aliphatic rings. The molecule has 1 nitrogen and oxygen atoms in total. The third kappa shape index (κ3) is 2.13. The molecular weight excluding hydrogens is 184 g/mol. The third-order valence-corrected chi connectivity index (χ3v) is 2.19. The van der Waals surface area contributed by atoms with Crippen molar-refractivity contribution in [2.75, 3.05) is 0 Å². The van der Waals surface area contributed by atoms with E-state index >= 15 is 0 Å². The van der Waals surface area contributed by atoms with Gasteiger partial charge in [0.15, 0.2) is 5.78 Å². The van der Waals surface area contributed by atoms with Crippen molar-refractivity contribution < 1.29 is 7.54 Å². The molecule has 0 saturated carbocycles. The highest BCUT2D eigenvalue weighted by Gasteiger charge is 2.06. The predicted octanol–water partition coefficient (Wildman–Crippen LogP) is 3.23. The van der Waals surface area contributed by atoms with E-state index in [1.165, 1.54) is 12.1 Å². The molecule has 2 rings (SSSR count). The van der Waals surface area contributed by atoms with Crippen LogP contribution in [0.2, 0.25) is 0 Å². The summed E-state index contributed by atoms with van der Waals surface area (Å²) in [4.78, 5) is 12.1. The largest absolute Gasteiger partial charge is 0.289 e. The summed E-state index contributed by atoms with van der Waals surface area (Å²) in [5, 5.41) is 0. The summed E-state index contributed by atoms with van der Waals surface area (Å²) in [7, 11) is 0. The lowest BCUT2D eigenvalue weighted by molar-refractivity contribution is 0.103. The highest BCUT2D eigenvalue weighted by atomic mass is 16.1. The van der Waals surface area contributed by atoms with Crippen molar-refractivity contribution in [1.29, 1.82) is 0 Å². The Morgan fingerprint density at radius 2 is 1.53 bits per heavy atom. The lowest BCUT2D eigenvalue weighted by Crippen LogP contribution is -2.00. The van der Waals surface area contributed by atoms with E-state index < -0.39 is 0 Å². The molecule has 0 saturated heterocycles. The molecule has 0 aliphatic carbocycles. The molecule has 2 aromatic rings. The molecule has 0 unspecified atom stereocenters. The normalized spacial score (nSPS) is 11.8. The second kappa shape index (κ2) is 4.09. The highest BCUT2D eigenvalue weighted by molar-refractivity contribution is 6.08. The smallest absolute Gasteiger partial charge is 0.193 e. The van der Waals surface area contributed by atoms with Crippen molar-refractivity contribution in [3.63, 3.8) is 0 Å². The van der Waals surface area contributed by atoms with E-state index in [2.05, 4.69) is 0 Å². The van der Waals surface area contributed by atoms with Gasteiger partial charge >= 0.3 is 0 Å². The van der Waals surface area contributed by atoms with Crippen LogP contribution in [0.3, 0.4) is 0 Å². The molecular formula is C14H12O. The quantitative estimate of drug-likeness (QED) is 0.677. The first kappa shape index (κ1) is 7.41. The van der Waals surface area contributed by atoms with E-state index in [0.717, 1.165) is 0 Å². The van der Waals surface area contributed by atoms with E-state index in [0.29, 0.717) is 16.7 Å². The number of hydrogen-bond acceptors (Lipinski definition) is 1. The number of hydrogen-bond donors (Lipinski definition) is 0. The first-order chi connectivity index (χ1) is 8.09. The first-order valence-electron chi connectivity index (χ1n) is 5.77. The summed E-state index contributed by atoms with van der Waals surface area (Å²) >= 11 is 0. The molecule has 0 radical (unpaired) electrons. The summed E-state index contributed by atoms with van der Waals surface area (Å²) in [5.74, 6) is -0.146. The Kier molecular flexibility index (Phi) is 2.02. The van der Waals surface area contributed by atoms with E-state index in [9.17, 15) is 4.79 Å². The third-order valence-electron chi connectivity index (χ3n) is 2.19. The van der Waals surface area contributed by atoms with Crippen LogP contribution >= 0.6 is 0 Å². The molecule has 0 atom stereocenters. The van der Waals surface area contributed by atoms with Gasteiger partial charge in [-0.25, -0.2) is 0 Å². The molecule has 0 heterocycles. The minimum Gasteiger partial charge on any atom is -0.289 e. The van der Waals surface area contributed by atoms with E-state index in [-0.39, 0.29) is 17.9 Å². The average molecular weight is 198 g/mol. The lowest BCUT2D eigenvalue weighted by Gasteiger charge is -2.00. The van der Waals surface area contributed by atoms with Crippen LogP contribution in [0, 0.1) is 6.92 Å². The van der Waals surface area contributed by atoms with Crippen LogP contribution < -0.4 is 0 Å². The summed E-state index contributed by atoms with van der Waals surface area (Å²) in [5.41, 5.74) is 1.57. The van der Waals surface area contributed by atoms with Gasteiger partial charge < -0.3 is 0 Å². The number of benzene rings is 2. The fraction of sp³-hybridized carbons (Fsp3) is 0.0714. The van der Waals surface area contributed by atoms with E-state index in [4.69, 9.17) is 2.74 Å². The molecule has 0 aliphatic heterocycles.